The highest BCUT2D eigenvalue weighted by Crippen LogP contribution is 2.37. The highest BCUT2D eigenvalue weighted by molar-refractivity contribution is 5.82. The van der Waals surface area contributed by atoms with Crippen LogP contribution in [0.1, 0.15) is 31.4 Å². The Kier molecular flexibility index (Phi) is 5.16. The molecule has 2 aromatic rings. The highest BCUT2D eigenvalue weighted by Gasteiger charge is 2.42. The standard InChI is InChI=1S/C20H22O2/c1-16(2)20(19(21)22,18-13-7-4-8-14-18)15-9-12-17-10-5-3-6-11-17/h3-14,16H,15H2,1-2H3,(H,21,22). The van der Waals surface area contributed by atoms with Gasteiger partial charge in [-0.2, -0.15) is 0 Å². The zero-order valence-corrected chi connectivity index (χ0v) is 13.1. The fourth-order valence-corrected chi connectivity index (χ4v) is 2.83. The third-order valence-electron chi connectivity index (χ3n) is 4.21. The van der Waals surface area contributed by atoms with E-state index < -0.39 is 11.4 Å². The molecule has 0 heterocycles. The molecule has 0 fully saturated rings. The first-order valence-corrected chi connectivity index (χ1v) is 7.58. The van der Waals surface area contributed by atoms with Gasteiger partial charge < -0.3 is 5.11 Å². The van der Waals surface area contributed by atoms with Gasteiger partial charge >= 0.3 is 5.97 Å². The average Bonchev–Trinajstić information content (AvgIpc) is 2.53. The smallest absolute Gasteiger partial charge is 0.314 e. The Morgan fingerprint density at radius 2 is 1.59 bits per heavy atom. The van der Waals surface area contributed by atoms with Gasteiger partial charge in [0.15, 0.2) is 0 Å². The van der Waals surface area contributed by atoms with Crippen LogP contribution in [0.3, 0.4) is 0 Å². The van der Waals surface area contributed by atoms with Crippen molar-refractivity contribution < 1.29 is 9.90 Å². The lowest BCUT2D eigenvalue weighted by Gasteiger charge is -2.33. The second-order valence-corrected chi connectivity index (χ2v) is 5.81. The maximum atomic E-state index is 12.1. The molecule has 0 aliphatic heterocycles. The molecule has 2 aromatic carbocycles. The molecule has 2 rings (SSSR count). The van der Waals surface area contributed by atoms with Crippen LogP contribution in [0.25, 0.3) is 6.08 Å². The molecule has 1 atom stereocenters. The lowest BCUT2D eigenvalue weighted by molar-refractivity contribution is -0.145. The van der Waals surface area contributed by atoms with E-state index in [1.165, 1.54) is 0 Å². The predicted octanol–water partition coefficient (Wildman–Crippen LogP) is 4.77. The third-order valence-corrected chi connectivity index (χ3v) is 4.21. The molecule has 0 aromatic heterocycles. The topological polar surface area (TPSA) is 37.3 Å². The van der Waals surface area contributed by atoms with Gasteiger partial charge in [-0.15, -0.1) is 0 Å². The van der Waals surface area contributed by atoms with Crippen LogP contribution in [0, 0.1) is 5.92 Å². The number of carboxylic acids is 1. The maximum Gasteiger partial charge on any atom is 0.314 e. The average molecular weight is 294 g/mol. The minimum Gasteiger partial charge on any atom is -0.481 e. The Bertz CT molecular complexity index is 629. The molecule has 0 aliphatic rings. The van der Waals surface area contributed by atoms with Gasteiger partial charge in [-0.3, -0.25) is 4.79 Å². The molecule has 0 saturated carbocycles. The van der Waals surface area contributed by atoms with Crippen LogP contribution in [0.5, 0.6) is 0 Å². The first kappa shape index (κ1) is 16.0. The number of carbonyl (C=O) groups is 1. The normalized spacial score (nSPS) is 14.1. The van der Waals surface area contributed by atoms with Gasteiger partial charge in [0.1, 0.15) is 0 Å². The van der Waals surface area contributed by atoms with Gasteiger partial charge in [0, 0.05) is 0 Å². The van der Waals surface area contributed by atoms with E-state index in [0.717, 1.165) is 11.1 Å². The summed E-state index contributed by atoms with van der Waals surface area (Å²) in [5.74, 6) is -0.778. The van der Waals surface area contributed by atoms with Crippen LogP contribution in [0.2, 0.25) is 0 Å². The van der Waals surface area contributed by atoms with Gasteiger partial charge in [0.25, 0.3) is 0 Å². The van der Waals surface area contributed by atoms with Crippen molar-refractivity contribution in [3.05, 3.63) is 77.9 Å². The number of aliphatic carboxylic acids is 1. The van der Waals surface area contributed by atoms with E-state index in [4.69, 9.17) is 0 Å². The summed E-state index contributed by atoms with van der Waals surface area (Å²) in [6.07, 6.45) is 4.43. The number of hydrogen-bond donors (Lipinski definition) is 1. The predicted molar refractivity (Wildman–Crippen MR) is 90.7 cm³/mol. The van der Waals surface area contributed by atoms with Crippen molar-refractivity contribution in [2.45, 2.75) is 25.7 Å². The summed E-state index contributed by atoms with van der Waals surface area (Å²) < 4.78 is 0. The van der Waals surface area contributed by atoms with E-state index in [0.29, 0.717) is 6.42 Å². The summed E-state index contributed by atoms with van der Waals surface area (Å²) in [4.78, 5) is 12.1. The minimum atomic E-state index is -0.896. The van der Waals surface area contributed by atoms with Gasteiger partial charge in [-0.1, -0.05) is 86.7 Å². The van der Waals surface area contributed by atoms with Crippen LogP contribution in [0.15, 0.2) is 66.7 Å². The SMILES string of the molecule is CC(C)C(CC=Cc1ccccc1)(C(=O)O)c1ccccc1. The summed E-state index contributed by atoms with van der Waals surface area (Å²) in [7, 11) is 0. The first-order valence-electron chi connectivity index (χ1n) is 7.58. The van der Waals surface area contributed by atoms with Crippen molar-refractivity contribution >= 4 is 12.0 Å². The molecule has 0 saturated heterocycles. The van der Waals surface area contributed by atoms with E-state index in [1.807, 2.05) is 86.7 Å². The quantitative estimate of drug-likeness (QED) is 0.833. The number of allylic oxidation sites excluding steroid dienone is 1. The molecule has 1 N–H and O–H groups in total. The van der Waals surface area contributed by atoms with Crippen LogP contribution >= 0.6 is 0 Å². The maximum absolute atomic E-state index is 12.1. The highest BCUT2D eigenvalue weighted by atomic mass is 16.4. The Balaban J connectivity index is 2.33. The summed E-state index contributed by atoms with van der Waals surface area (Å²) in [6.45, 7) is 3.94. The number of benzene rings is 2. The summed E-state index contributed by atoms with van der Waals surface area (Å²) in [6, 6.07) is 19.5. The van der Waals surface area contributed by atoms with Crippen molar-refractivity contribution in [1.82, 2.24) is 0 Å². The van der Waals surface area contributed by atoms with Crippen LogP contribution in [-0.4, -0.2) is 11.1 Å². The monoisotopic (exact) mass is 294 g/mol. The third kappa shape index (κ3) is 3.28. The number of carboxylic acid groups (broad SMARTS) is 1. The van der Waals surface area contributed by atoms with Crippen molar-refractivity contribution in [1.29, 1.82) is 0 Å². The molecule has 1 unspecified atom stereocenters. The van der Waals surface area contributed by atoms with Gasteiger partial charge in [0.05, 0.1) is 5.41 Å². The van der Waals surface area contributed by atoms with Crippen molar-refractivity contribution in [3.63, 3.8) is 0 Å². The fraction of sp³-hybridized carbons (Fsp3) is 0.250. The van der Waals surface area contributed by atoms with Crippen molar-refractivity contribution in [2.75, 3.05) is 0 Å². The Morgan fingerprint density at radius 3 is 2.09 bits per heavy atom. The lowest BCUT2D eigenvalue weighted by Crippen LogP contribution is -2.40. The number of hydrogen-bond acceptors (Lipinski definition) is 1. The molecular weight excluding hydrogens is 272 g/mol. The van der Waals surface area contributed by atoms with E-state index in [-0.39, 0.29) is 5.92 Å². The minimum absolute atomic E-state index is 0.00665. The summed E-state index contributed by atoms with van der Waals surface area (Å²) in [5.41, 5.74) is 1.04. The molecule has 0 amide bonds. The molecule has 2 heteroatoms. The van der Waals surface area contributed by atoms with Gasteiger partial charge in [-0.05, 0) is 23.5 Å². The zero-order valence-electron chi connectivity index (χ0n) is 13.1. The largest absolute Gasteiger partial charge is 0.481 e. The van der Waals surface area contributed by atoms with E-state index in [9.17, 15) is 9.90 Å². The second kappa shape index (κ2) is 7.08. The van der Waals surface area contributed by atoms with Crippen LogP contribution in [-0.2, 0) is 10.2 Å². The first-order chi connectivity index (χ1) is 10.6. The molecule has 22 heavy (non-hydrogen) atoms. The number of rotatable bonds is 6. The van der Waals surface area contributed by atoms with Crippen molar-refractivity contribution in [3.8, 4) is 0 Å². The Morgan fingerprint density at radius 1 is 1.05 bits per heavy atom. The summed E-state index contributed by atoms with van der Waals surface area (Å²) in [5, 5.41) is 9.91. The van der Waals surface area contributed by atoms with E-state index in [2.05, 4.69) is 0 Å². The van der Waals surface area contributed by atoms with E-state index in [1.54, 1.807) is 0 Å². The molecule has 0 spiro atoms. The molecule has 0 aliphatic carbocycles. The summed E-state index contributed by atoms with van der Waals surface area (Å²) >= 11 is 0. The van der Waals surface area contributed by atoms with Crippen LogP contribution in [0.4, 0.5) is 0 Å². The van der Waals surface area contributed by atoms with Gasteiger partial charge in [0.2, 0.25) is 0 Å². The van der Waals surface area contributed by atoms with Gasteiger partial charge in [-0.25, -0.2) is 0 Å². The molecule has 2 nitrogen and oxygen atoms in total. The molecular formula is C20H22O2. The van der Waals surface area contributed by atoms with E-state index >= 15 is 0 Å². The molecule has 0 radical (unpaired) electrons. The molecule has 0 bridgehead atoms. The molecule has 114 valence electrons. The van der Waals surface area contributed by atoms with Crippen LogP contribution < -0.4 is 0 Å². The fourth-order valence-electron chi connectivity index (χ4n) is 2.83. The Hall–Kier alpha value is -2.35. The lowest BCUT2D eigenvalue weighted by atomic mass is 9.69. The van der Waals surface area contributed by atoms with Crippen molar-refractivity contribution in [2.24, 2.45) is 5.92 Å². The zero-order chi connectivity index (χ0) is 16.0. The Labute approximate surface area is 132 Å². The second-order valence-electron chi connectivity index (χ2n) is 5.81.